The summed E-state index contributed by atoms with van der Waals surface area (Å²) in [4.78, 5) is 45.1. The largest absolute Gasteiger partial charge is 0.481 e. The van der Waals surface area contributed by atoms with Crippen LogP contribution >= 0.6 is 0 Å². The lowest BCUT2D eigenvalue weighted by molar-refractivity contribution is -0.167. The molecular weight excluding hydrogens is 320 g/mol. The van der Waals surface area contributed by atoms with Gasteiger partial charge >= 0.3 is 11.9 Å². The van der Waals surface area contributed by atoms with E-state index in [1.165, 1.54) is 0 Å². The predicted octanol–water partition coefficient (Wildman–Crippen LogP) is -1.12. The molecule has 0 aliphatic heterocycles. The summed E-state index contributed by atoms with van der Waals surface area (Å²) in [6, 6.07) is 7.71. The molecule has 2 amide bonds. The molecule has 1 rings (SSSR count). The summed E-state index contributed by atoms with van der Waals surface area (Å²) in [5.41, 5.74) is 3.62. The number of hydrogen-bond donors (Lipinski definition) is 5. The van der Waals surface area contributed by atoms with E-state index in [9.17, 15) is 24.3 Å². The van der Waals surface area contributed by atoms with Crippen molar-refractivity contribution in [3.05, 3.63) is 35.9 Å². The number of carbonyl (C=O) groups excluding carboxylic acids is 2. The Hall–Kier alpha value is -2.78. The fraction of sp³-hybridized carbons (Fsp3) is 0.333. The zero-order valence-electron chi connectivity index (χ0n) is 12.6. The Bertz CT molecular complexity index is 632. The molecule has 0 saturated heterocycles. The summed E-state index contributed by atoms with van der Waals surface area (Å²) in [7, 11) is 0. The van der Waals surface area contributed by atoms with Crippen LogP contribution in [0.4, 0.5) is 0 Å². The second-order valence-electron chi connectivity index (χ2n) is 5.29. The molecular formula is C15H18N2O7. The van der Waals surface area contributed by atoms with E-state index in [4.69, 9.17) is 15.9 Å². The predicted molar refractivity (Wildman–Crippen MR) is 80.7 cm³/mol. The molecule has 1 unspecified atom stereocenters. The Kier molecular flexibility index (Phi) is 6.57. The summed E-state index contributed by atoms with van der Waals surface area (Å²) < 4.78 is 0. The molecule has 0 heterocycles. The summed E-state index contributed by atoms with van der Waals surface area (Å²) in [6.07, 6.45) is -2.11. The average Bonchev–Trinajstić information content (AvgIpc) is 2.46. The van der Waals surface area contributed by atoms with Gasteiger partial charge in [-0.2, -0.15) is 0 Å². The third-order valence-electron chi connectivity index (χ3n) is 3.19. The second-order valence-corrected chi connectivity index (χ2v) is 5.29. The number of carboxylic acid groups (broad SMARTS) is 2. The van der Waals surface area contributed by atoms with Crippen molar-refractivity contribution < 1.29 is 34.5 Å². The highest BCUT2D eigenvalue weighted by molar-refractivity contribution is 6.00. The van der Waals surface area contributed by atoms with Crippen molar-refractivity contribution in [2.75, 3.05) is 0 Å². The van der Waals surface area contributed by atoms with Crippen molar-refractivity contribution in [1.29, 1.82) is 0 Å². The van der Waals surface area contributed by atoms with Gasteiger partial charge in [-0.1, -0.05) is 30.3 Å². The number of rotatable bonds is 8. The highest BCUT2D eigenvalue weighted by atomic mass is 16.4. The van der Waals surface area contributed by atoms with E-state index in [0.29, 0.717) is 0 Å². The maximum Gasteiger partial charge on any atom is 0.336 e. The van der Waals surface area contributed by atoms with Crippen LogP contribution < -0.4 is 11.1 Å². The Labute approximate surface area is 137 Å². The molecule has 130 valence electrons. The van der Waals surface area contributed by atoms with Crippen LogP contribution in [-0.2, 0) is 25.6 Å². The molecule has 1 aromatic carbocycles. The van der Waals surface area contributed by atoms with Crippen LogP contribution in [0.25, 0.3) is 0 Å². The summed E-state index contributed by atoms with van der Waals surface area (Å²) in [6.45, 7) is 0. The minimum atomic E-state index is -2.81. The maximum atomic E-state index is 11.8. The van der Waals surface area contributed by atoms with Crippen LogP contribution in [0, 0.1) is 0 Å². The van der Waals surface area contributed by atoms with E-state index in [1.807, 2.05) is 5.32 Å². The van der Waals surface area contributed by atoms with E-state index in [0.717, 1.165) is 5.56 Å². The first-order valence-electron chi connectivity index (χ1n) is 6.95. The molecule has 0 radical (unpaired) electrons. The highest BCUT2D eigenvalue weighted by Crippen LogP contribution is 2.16. The molecule has 6 N–H and O–H groups in total. The monoisotopic (exact) mass is 338 g/mol. The minimum Gasteiger partial charge on any atom is -0.481 e. The molecule has 24 heavy (non-hydrogen) atoms. The third-order valence-corrected chi connectivity index (χ3v) is 3.19. The SMILES string of the molecule is N[C@@H](Cc1ccccc1)C(=O)NC(=O)CC(O)(CC(=O)O)C(=O)O. The fourth-order valence-electron chi connectivity index (χ4n) is 1.96. The van der Waals surface area contributed by atoms with Crippen molar-refractivity contribution in [1.82, 2.24) is 5.32 Å². The Morgan fingerprint density at radius 3 is 2.17 bits per heavy atom. The maximum absolute atomic E-state index is 11.8. The molecule has 9 heteroatoms. The average molecular weight is 338 g/mol. The van der Waals surface area contributed by atoms with Gasteiger partial charge in [-0.05, 0) is 12.0 Å². The van der Waals surface area contributed by atoms with E-state index in [-0.39, 0.29) is 6.42 Å². The van der Waals surface area contributed by atoms with Crippen LogP contribution in [0.15, 0.2) is 30.3 Å². The van der Waals surface area contributed by atoms with Crippen LogP contribution in [0.3, 0.4) is 0 Å². The fourth-order valence-corrected chi connectivity index (χ4v) is 1.96. The van der Waals surface area contributed by atoms with Gasteiger partial charge in [0.15, 0.2) is 5.60 Å². The standard InChI is InChI=1S/C15H18N2O7/c16-10(6-9-4-2-1-3-5-9)13(21)17-11(18)7-15(24,14(22)23)8-12(19)20/h1-5,10,24H,6-8,16H2,(H,19,20)(H,22,23)(H,17,18,21)/t10-,15?/m0/s1. The summed E-state index contributed by atoms with van der Waals surface area (Å²) in [5.74, 6) is -5.46. The number of nitrogens with one attached hydrogen (secondary N) is 1. The first kappa shape index (κ1) is 19.3. The third kappa shape index (κ3) is 5.78. The molecule has 0 fully saturated rings. The van der Waals surface area contributed by atoms with Gasteiger partial charge in [0.1, 0.15) is 0 Å². The van der Waals surface area contributed by atoms with Gasteiger partial charge in [0, 0.05) is 0 Å². The molecule has 0 aliphatic rings. The van der Waals surface area contributed by atoms with Crippen LogP contribution in [0.1, 0.15) is 18.4 Å². The first-order chi connectivity index (χ1) is 11.1. The molecule has 9 nitrogen and oxygen atoms in total. The number of carboxylic acids is 2. The van der Waals surface area contributed by atoms with E-state index >= 15 is 0 Å². The molecule has 0 aliphatic carbocycles. The van der Waals surface area contributed by atoms with Gasteiger partial charge in [-0.3, -0.25) is 19.7 Å². The van der Waals surface area contributed by atoms with Crippen LogP contribution in [0.5, 0.6) is 0 Å². The van der Waals surface area contributed by atoms with E-state index < -0.39 is 48.2 Å². The molecule has 0 saturated carbocycles. The first-order valence-corrected chi connectivity index (χ1v) is 6.95. The van der Waals surface area contributed by atoms with Crippen molar-refractivity contribution in [2.24, 2.45) is 5.73 Å². The van der Waals surface area contributed by atoms with Crippen LogP contribution in [-0.4, -0.2) is 50.7 Å². The van der Waals surface area contributed by atoms with Gasteiger partial charge in [-0.25, -0.2) is 4.79 Å². The molecule has 2 atom stereocenters. The summed E-state index contributed by atoms with van der Waals surface area (Å²) in [5, 5.41) is 29.1. The van der Waals surface area contributed by atoms with Gasteiger partial charge < -0.3 is 21.1 Å². The van der Waals surface area contributed by atoms with Gasteiger partial charge in [0.2, 0.25) is 11.8 Å². The number of amides is 2. The van der Waals surface area contributed by atoms with Crippen molar-refractivity contribution in [3.63, 3.8) is 0 Å². The van der Waals surface area contributed by atoms with Gasteiger partial charge in [0.25, 0.3) is 0 Å². The number of aliphatic hydroxyl groups is 1. The number of benzene rings is 1. The normalized spacial score (nSPS) is 14.2. The number of hydrogen-bond acceptors (Lipinski definition) is 6. The molecule has 0 spiro atoms. The van der Waals surface area contributed by atoms with Gasteiger partial charge in [0.05, 0.1) is 18.9 Å². The number of imide groups is 1. The molecule has 1 aromatic rings. The smallest absolute Gasteiger partial charge is 0.336 e. The zero-order chi connectivity index (χ0) is 18.3. The van der Waals surface area contributed by atoms with Crippen molar-refractivity contribution in [3.8, 4) is 0 Å². The lowest BCUT2D eigenvalue weighted by Gasteiger charge is -2.21. The highest BCUT2D eigenvalue weighted by Gasteiger charge is 2.41. The molecule has 0 bridgehead atoms. The lowest BCUT2D eigenvalue weighted by Crippen LogP contribution is -2.49. The second kappa shape index (κ2) is 8.18. The topological polar surface area (TPSA) is 167 Å². The minimum absolute atomic E-state index is 0.151. The van der Waals surface area contributed by atoms with Crippen molar-refractivity contribution >= 4 is 23.8 Å². The van der Waals surface area contributed by atoms with E-state index in [2.05, 4.69) is 0 Å². The number of nitrogens with two attached hydrogens (primary N) is 1. The quantitative estimate of drug-likeness (QED) is 0.397. The Morgan fingerprint density at radius 2 is 1.67 bits per heavy atom. The Balaban J connectivity index is 2.63. The summed E-state index contributed by atoms with van der Waals surface area (Å²) >= 11 is 0. The lowest BCUT2D eigenvalue weighted by atomic mass is 9.95. The van der Waals surface area contributed by atoms with E-state index in [1.54, 1.807) is 30.3 Å². The van der Waals surface area contributed by atoms with Gasteiger partial charge in [-0.15, -0.1) is 0 Å². The number of carbonyl (C=O) groups is 4. The Morgan fingerprint density at radius 1 is 1.08 bits per heavy atom. The zero-order valence-corrected chi connectivity index (χ0v) is 12.6. The molecule has 0 aromatic heterocycles. The number of aliphatic carboxylic acids is 2. The van der Waals surface area contributed by atoms with Crippen molar-refractivity contribution in [2.45, 2.75) is 30.9 Å². The van der Waals surface area contributed by atoms with Crippen LogP contribution in [0.2, 0.25) is 0 Å².